The van der Waals surface area contributed by atoms with Crippen molar-refractivity contribution in [2.75, 3.05) is 5.75 Å². The molecule has 0 spiro atoms. The van der Waals surface area contributed by atoms with Gasteiger partial charge in [0.15, 0.2) is 9.84 Å². The molecular weight excluding hydrogens is 252 g/mol. The number of hydrogen-bond acceptors (Lipinski definition) is 3. The van der Waals surface area contributed by atoms with Gasteiger partial charge in [-0.3, -0.25) is 4.79 Å². The fourth-order valence-electron chi connectivity index (χ4n) is 1.57. The van der Waals surface area contributed by atoms with Crippen molar-refractivity contribution in [1.82, 2.24) is 0 Å². The van der Waals surface area contributed by atoms with E-state index in [2.05, 4.69) is 13.8 Å². The van der Waals surface area contributed by atoms with Crippen LogP contribution in [0.3, 0.4) is 0 Å². The summed E-state index contributed by atoms with van der Waals surface area (Å²) in [7, 11) is -3.34. The quantitative estimate of drug-likeness (QED) is 0.860. The number of benzene rings is 1. The van der Waals surface area contributed by atoms with Crippen molar-refractivity contribution in [2.45, 2.75) is 31.9 Å². The Kier molecular flexibility index (Phi) is 4.90. The van der Waals surface area contributed by atoms with E-state index in [1.54, 1.807) is 12.1 Å². The van der Waals surface area contributed by atoms with Gasteiger partial charge in [-0.05, 0) is 17.0 Å². The second-order valence-corrected chi connectivity index (χ2v) is 6.82. The van der Waals surface area contributed by atoms with E-state index in [0.29, 0.717) is 11.5 Å². The van der Waals surface area contributed by atoms with Crippen molar-refractivity contribution in [3.63, 3.8) is 0 Å². The summed E-state index contributed by atoms with van der Waals surface area (Å²) in [5.74, 6) is -1.09. The minimum absolute atomic E-state index is 0.0986. The first kappa shape index (κ1) is 14.7. The van der Waals surface area contributed by atoms with Gasteiger partial charge in [0.25, 0.3) is 0 Å². The molecule has 18 heavy (non-hydrogen) atoms. The Morgan fingerprint density at radius 2 is 1.78 bits per heavy atom. The fraction of sp³-hybridized carbons (Fsp3) is 0.462. The van der Waals surface area contributed by atoms with E-state index in [9.17, 15) is 13.2 Å². The molecule has 4 nitrogen and oxygen atoms in total. The third-order valence-corrected chi connectivity index (χ3v) is 4.26. The monoisotopic (exact) mass is 270 g/mol. The number of rotatable bonds is 6. The van der Waals surface area contributed by atoms with Crippen LogP contribution in [0, 0.1) is 0 Å². The highest BCUT2D eigenvalue weighted by molar-refractivity contribution is 7.90. The molecule has 0 saturated carbocycles. The predicted molar refractivity (Wildman–Crippen MR) is 70.3 cm³/mol. The van der Waals surface area contributed by atoms with Gasteiger partial charge < -0.3 is 5.11 Å². The lowest BCUT2D eigenvalue weighted by Gasteiger charge is -2.07. The lowest BCUT2D eigenvalue weighted by Crippen LogP contribution is -2.12. The Bertz CT molecular complexity index is 500. The molecule has 0 saturated heterocycles. The summed E-state index contributed by atoms with van der Waals surface area (Å²) >= 11 is 0. The maximum atomic E-state index is 11.7. The number of carboxylic acids is 1. The van der Waals surface area contributed by atoms with E-state index in [1.165, 1.54) is 0 Å². The number of carboxylic acid groups (broad SMARTS) is 1. The third kappa shape index (κ3) is 4.87. The maximum absolute atomic E-state index is 11.7. The van der Waals surface area contributed by atoms with E-state index in [-0.39, 0.29) is 17.9 Å². The topological polar surface area (TPSA) is 71.4 Å². The van der Waals surface area contributed by atoms with Crippen molar-refractivity contribution in [3.05, 3.63) is 35.4 Å². The van der Waals surface area contributed by atoms with Gasteiger partial charge >= 0.3 is 5.97 Å². The smallest absolute Gasteiger partial charge is 0.304 e. The number of carbonyl (C=O) groups is 1. The zero-order valence-electron chi connectivity index (χ0n) is 10.6. The maximum Gasteiger partial charge on any atom is 0.304 e. The predicted octanol–water partition coefficient (Wildman–Crippen LogP) is 2.20. The van der Waals surface area contributed by atoms with E-state index in [1.807, 2.05) is 12.1 Å². The van der Waals surface area contributed by atoms with E-state index < -0.39 is 15.8 Å². The Hall–Kier alpha value is -1.36. The van der Waals surface area contributed by atoms with Gasteiger partial charge in [0, 0.05) is 0 Å². The molecule has 0 amide bonds. The van der Waals surface area contributed by atoms with Gasteiger partial charge in [-0.25, -0.2) is 8.42 Å². The average molecular weight is 270 g/mol. The molecule has 0 aliphatic rings. The van der Waals surface area contributed by atoms with Crippen molar-refractivity contribution in [3.8, 4) is 0 Å². The molecule has 0 aromatic heterocycles. The largest absolute Gasteiger partial charge is 0.481 e. The molecule has 0 atom stereocenters. The molecule has 1 aromatic carbocycles. The molecule has 0 heterocycles. The summed E-state index contributed by atoms with van der Waals surface area (Å²) in [5.41, 5.74) is 1.85. The Morgan fingerprint density at radius 1 is 1.22 bits per heavy atom. The molecule has 0 fully saturated rings. The van der Waals surface area contributed by atoms with Crippen LogP contribution in [0.2, 0.25) is 0 Å². The van der Waals surface area contributed by atoms with Gasteiger partial charge in [-0.1, -0.05) is 38.1 Å². The van der Waals surface area contributed by atoms with Crippen LogP contribution < -0.4 is 0 Å². The Morgan fingerprint density at radius 3 is 2.22 bits per heavy atom. The number of aliphatic carboxylic acids is 1. The minimum atomic E-state index is -3.34. The molecule has 1 N–H and O–H groups in total. The van der Waals surface area contributed by atoms with Crippen LogP contribution in [0.1, 0.15) is 37.3 Å². The van der Waals surface area contributed by atoms with Crippen LogP contribution in [0.4, 0.5) is 0 Å². The molecular formula is C13H18O4S. The minimum Gasteiger partial charge on any atom is -0.481 e. The summed E-state index contributed by atoms with van der Waals surface area (Å²) < 4.78 is 23.3. The van der Waals surface area contributed by atoms with Gasteiger partial charge in [-0.2, -0.15) is 0 Å². The number of sulfone groups is 1. The molecule has 0 bridgehead atoms. The highest BCUT2D eigenvalue weighted by Crippen LogP contribution is 2.16. The molecule has 0 aliphatic carbocycles. The van der Waals surface area contributed by atoms with Crippen LogP contribution in [-0.4, -0.2) is 25.2 Å². The van der Waals surface area contributed by atoms with E-state index in [4.69, 9.17) is 5.11 Å². The Labute approximate surface area is 108 Å². The second-order valence-electron chi connectivity index (χ2n) is 4.63. The normalized spacial score (nSPS) is 11.7. The highest BCUT2D eigenvalue weighted by Gasteiger charge is 2.14. The Balaban J connectivity index is 2.69. The summed E-state index contributed by atoms with van der Waals surface area (Å²) in [6, 6.07) is 7.39. The molecule has 1 aromatic rings. The highest BCUT2D eigenvalue weighted by atomic mass is 32.2. The number of hydrogen-bond donors (Lipinski definition) is 1. The first-order valence-corrected chi connectivity index (χ1v) is 7.63. The summed E-state index contributed by atoms with van der Waals surface area (Å²) in [5, 5.41) is 8.48. The zero-order chi connectivity index (χ0) is 13.8. The van der Waals surface area contributed by atoms with Gasteiger partial charge in [0.1, 0.15) is 0 Å². The molecule has 0 radical (unpaired) electrons. The van der Waals surface area contributed by atoms with Crippen LogP contribution in [0.5, 0.6) is 0 Å². The third-order valence-electron chi connectivity index (χ3n) is 2.66. The van der Waals surface area contributed by atoms with Crippen molar-refractivity contribution in [2.24, 2.45) is 0 Å². The zero-order valence-corrected chi connectivity index (χ0v) is 11.4. The lowest BCUT2D eigenvalue weighted by atomic mass is 10.0. The molecule has 0 aliphatic heterocycles. The van der Waals surface area contributed by atoms with Crippen LogP contribution in [-0.2, 0) is 20.4 Å². The first-order valence-electron chi connectivity index (χ1n) is 5.81. The standard InChI is InChI=1S/C13H18O4S/c1-10(2)12-5-3-11(4-6-12)9-18(16,17)8-7-13(14)15/h3-6,10H,7-9H2,1-2H3,(H,14,15). The van der Waals surface area contributed by atoms with E-state index in [0.717, 1.165) is 5.56 Å². The van der Waals surface area contributed by atoms with Crippen LogP contribution >= 0.6 is 0 Å². The summed E-state index contributed by atoms with van der Waals surface area (Å²) in [4.78, 5) is 10.4. The molecule has 1 rings (SSSR count). The second kappa shape index (κ2) is 6.00. The van der Waals surface area contributed by atoms with Gasteiger partial charge in [0.05, 0.1) is 17.9 Å². The van der Waals surface area contributed by atoms with Crippen molar-refractivity contribution < 1.29 is 18.3 Å². The van der Waals surface area contributed by atoms with Crippen molar-refractivity contribution >= 4 is 15.8 Å². The summed E-state index contributed by atoms with van der Waals surface area (Å²) in [6.07, 6.45) is -0.341. The fourth-order valence-corrected chi connectivity index (χ4v) is 2.90. The van der Waals surface area contributed by atoms with E-state index >= 15 is 0 Å². The van der Waals surface area contributed by atoms with Gasteiger partial charge in [-0.15, -0.1) is 0 Å². The van der Waals surface area contributed by atoms with Crippen LogP contribution in [0.25, 0.3) is 0 Å². The molecule has 5 heteroatoms. The summed E-state index contributed by atoms with van der Waals surface area (Å²) in [6.45, 7) is 4.14. The van der Waals surface area contributed by atoms with Crippen LogP contribution in [0.15, 0.2) is 24.3 Å². The SMILES string of the molecule is CC(C)c1ccc(CS(=O)(=O)CCC(=O)O)cc1. The lowest BCUT2D eigenvalue weighted by molar-refractivity contribution is -0.136. The average Bonchev–Trinajstić information content (AvgIpc) is 2.27. The van der Waals surface area contributed by atoms with Crippen molar-refractivity contribution in [1.29, 1.82) is 0 Å². The molecule has 100 valence electrons. The van der Waals surface area contributed by atoms with Gasteiger partial charge in [0.2, 0.25) is 0 Å². The molecule has 0 unspecified atom stereocenters. The first-order chi connectivity index (χ1) is 8.30.